The Balaban J connectivity index is 1.09. The van der Waals surface area contributed by atoms with Gasteiger partial charge >= 0.3 is 0 Å². The van der Waals surface area contributed by atoms with Gasteiger partial charge in [-0.15, -0.1) is 0 Å². The summed E-state index contributed by atoms with van der Waals surface area (Å²) in [6, 6.07) is 9.87. The van der Waals surface area contributed by atoms with Crippen LogP contribution in [0.3, 0.4) is 0 Å². The third-order valence-electron chi connectivity index (χ3n) is 8.04. The topological polar surface area (TPSA) is 99.2 Å². The van der Waals surface area contributed by atoms with Crippen LogP contribution in [0.15, 0.2) is 53.7 Å². The fourth-order valence-electron chi connectivity index (χ4n) is 5.82. The summed E-state index contributed by atoms with van der Waals surface area (Å²) in [6.07, 6.45) is 4.40. The van der Waals surface area contributed by atoms with E-state index in [1.54, 1.807) is 24.4 Å². The van der Waals surface area contributed by atoms with Crippen molar-refractivity contribution in [3.63, 3.8) is 0 Å². The van der Waals surface area contributed by atoms with E-state index < -0.39 is 10.0 Å². The number of amides is 1. The lowest BCUT2D eigenvalue weighted by Crippen LogP contribution is -2.53. The molecule has 3 aliphatic rings. The summed E-state index contributed by atoms with van der Waals surface area (Å²) in [7, 11) is -3.76. The number of piperidine rings is 1. The van der Waals surface area contributed by atoms with E-state index in [0.29, 0.717) is 64.3 Å². The molecule has 6 rings (SSSR count). The summed E-state index contributed by atoms with van der Waals surface area (Å²) >= 11 is 0. The zero-order chi connectivity index (χ0) is 27.7. The molecule has 0 bridgehead atoms. The van der Waals surface area contributed by atoms with Crippen molar-refractivity contribution in [1.82, 2.24) is 19.2 Å². The number of aromatic nitrogens is 2. The van der Waals surface area contributed by atoms with Gasteiger partial charge in [0.1, 0.15) is 16.5 Å². The number of carbonyl (C=O) groups excluding carboxylic acids is 1. The molecule has 3 saturated heterocycles. The molecular formula is C28H33FN6O4S. The third kappa shape index (κ3) is 5.35. The zero-order valence-corrected chi connectivity index (χ0v) is 23.1. The van der Waals surface area contributed by atoms with Gasteiger partial charge in [0.05, 0.1) is 24.6 Å². The van der Waals surface area contributed by atoms with Gasteiger partial charge in [-0.25, -0.2) is 17.8 Å². The van der Waals surface area contributed by atoms with E-state index >= 15 is 0 Å². The number of pyridine rings is 2. The Labute approximate surface area is 233 Å². The minimum Gasteiger partial charge on any atom is -0.378 e. The lowest BCUT2D eigenvalue weighted by Gasteiger charge is -2.39. The first-order chi connectivity index (χ1) is 19.4. The summed E-state index contributed by atoms with van der Waals surface area (Å²) in [5, 5.41) is 0.879. The lowest BCUT2D eigenvalue weighted by molar-refractivity contribution is -0.137. The number of fused-ring (bicyclic) bond motifs is 1. The third-order valence-corrected chi connectivity index (χ3v) is 9.89. The van der Waals surface area contributed by atoms with Crippen LogP contribution in [0.2, 0.25) is 0 Å². The van der Waals surface area contributed by atoms with Gasteiger partial charge in [0.2, 0.25) is 15.9 Å². The van der Waals surface area contributed by atoms with Crippen molar-refractivity contribution >= 4 is 38.3 Å². The standard InChI is InChI=1S/C28H33FN6O4S/c29-22-3-5-24-25(18-22)30-8-7-26(24)32-10-12-34(13-11-32)28(36)21-2-1-9-35(20-21)40(37,38)23-4-6-27(31-19-23)33-14-16-39-17-15-33/h3-8,18-19,21H,1-2,9-17,20H2. The number of anilines is 2. The molecule has 12 heteroatoms. The summed E-state index contributed by atoms with van der Waals surface area (Å²) < 4.78 is 47.4. The van der Waals surface area contributed by atoms with Crippen molar-refractivity contribution in [3.05, 3.63) is 54.6 Å². The highest BCUT2D eigenvalue weighted by Crippen LogP contribution is 2.29. The predicted octanol–water partition coefficient (Wildman–Crippen LogP) is 2.36. The molecule has 5 heterocycles. The fourth-order valence-corrected chi connectivity index (χ4v) is 7.29. The first-order valence-electron chi connectivity index (χ1n) is 13.8. The number of hydrogen-bond donors (Lipinski definition) is 0. The molecule has 1 aromatic carbocycles. The molecule has 1 amide bonds. The van der Waals surface area contributed by atoms with Crippen LogP contribution >= 0.6 is 0 Å². The molecule has 40 heavy (non-hydrogen) atoms. The van der Waals surface area contributed by atoms with E-state index in [2.05, 4.69) is 19.8 Å². The number of nitrogens with zero attached hydrogens (tertiary/aromatic N) is 6. The number of morpholine rings is 1. The predicted molar refractivity (Wildman–Crippen MR) is 149 cm³/mol. The minimum atomic E-state index is -3.76. The van der Waals surface area contributed by atoms with E-state index in [1.165, 1.54) is 22.6 Å². The van der Waals surface area contributed by atoms with Crippen molar-refractivity contribution in [2.45, 2.75) is 17.7 Å². The molecule has 1 unspecified atom stereocenters. The van der Waals surface area contributed by atoms with Gasteiger partial charge in [-0.1, -0.05) is 0 Å². The highest BCUT2D eigenvalue weighted by atomic mass is 32.2. The summed E-state index contributed by atoms with van der Waals surface area (Å²) in [5.74, 6) is 0.0415. The Morgan fingerprint density at radius 2 is 1.73 bits per heavy atom. The average molecular weight is 569 g/mol. The Morgan fingerprint density at radius 3 is 2.48 bits per heavy atom. The van der Waals surface area contributed by atoms with Crippen LogP contribution in [0.25, 0.3) is 10.9 Å². The number of ether oxygens (including phenoxy) is 1. The van der Waals surface area contributed by atoms with Gasteiger partial charge in [-0.05, 0) is 43.2 Å². The number of benzene rings is 1. The second-order valence-electron chi connectivity index (χ2n) is 10.5. The molecule has 10 nitrogen and oxygen atoms in total. The van der Waals surface area contributed by atoms with E-state index in [9.17, 15) is 17.6 Å². The van der Waals surface area contributed by atoms with E-state index in [0.717, 1.165) is 30.0 Å². The number of halogens is 1. The second kappa shape index (κ2) is 11.3. The summed E-state index contributed by atoms with van der Waals surface area (Å²) in [6.45, 7) is 5.62. The van der Waals surface area contributed by atoms with Crippen LogP contribution in [-0.4, -0.2) is 99.1 Å². The normalized spacial score (nSPS) is 21.1. The van der Waals surface area contributed by atoms with Crippen molar-refractivity contribution in [2.75, 3.05) is 75.4 Å². The van der Waals surface area contributed by atoms with Gasteiger partial charge < -0.3 is 19.4 Å². The van der Waals surface area contributed by atoms with E-state index in [4.69, 9.17) is 4.74 Å². The van der Waals surface area contributed by atoms with Crippen LogP contribution in [-0.2, 0) is 19.6 Å². The van der Waals surface area contributed by atoms with Crippen LogP contribution in [0.4, 0.5) is 15.9 Å². The van der Waals surface area contributed by atoms with Crippen LogP contribution in [0.5, 0.6) is 0 Å². The second-order valence-corrected chi connectivity index (χ2v) is 12.4. The highest BCUT2D eigenvalue weighted by molar-refractivity contribution is 7.89. The SMILES string of the molecule is O=C(C1CCCN(S(=O)(=O)c2ccc(N3CCOCC3)nc2)C1)N1CCN(c2ccnc3cc(F)ccc23)CC1. The van der Waals surface area contributed by atoms with E-state index in [-0.39, 0.29) is 29.1 Å². The number of rotatable bonds is 5. The molecule has 0 aliphatic carbocycles. The van der Waals surface area contributed by atoms with Gasteiger partial charge in [0, 0.05) is 81.9 Å². The number of carbonyl (C=O) groups is 1. The van der Waals surface area contributed by atoms with Crippen LogP contribution in [0, 0.1) is 11.7 Å². The Morgan fingerprint density at radius 1 is 0.925 bits per heavy atom. The highest BCUT2D eigenvalue weighted by Gasteiger charge is 2.36. The molecule has 3 fully saturated rings. The molecule has 0 saturated carbocycles. The van der Waals surface area contributed by atoms with Crippen molar-refractivity contribution in [2.24, 2.45) is 5.92 Å². The maximum atomic E-state index is 13.7. The number of piperazine rings is 1. The quantitative estimate of drug-likeness (QED) is 0.463. The fraction of sp³-hybridized carbons (Fsp3) is 0.464. The van der Waals surface area contributed by atoms with Gasteiger partial charge in [-0.2, -0.15) is 4.31 Å². The van der Waals surface area contributed by atoms with Crippen LogP contribution < -0.4 is 9.80 Å². The molecule has 3 aromatic rings. The molecule has 1 atom stereocenters. The summed E-state index contributed by atoms with van der Waals surface area (Å²) in [5.41, 5.74) is 1.57. The first-order valence-corrected chi connectivity index (χ1v) is 15.2. The molecule has 212 valence electrons. The van der Waals surface area contributed by atoms with Crippen molar-refractivity contribution < 1.29 is 22.3 Å². The Bertz CT molecular complexity index is 1470. The minimum absolute atomic E-state index is 0.00185. The van der Waals surface area contributed by atoms with Gasteiger partial charge in [0.25, 0.3) is 0 Å². The van der Waals surface area contributed by atoms with Crippen molar-refractivity contribution in [3.8, 4) is 0 Å². The molecule has 0 radical (unpaired) electrons. The maximum absolute atomic E-state index is 13.7. The average Bonchev–Trinajstić information content (AvgIpc) is 3.01. The number of hydrogen-bond acceptors (Lipinski definition) is 8. The molecule has 0 N–H and O–H groups in total. The zero-order valence-electron chi connectivity index (χ0n) is 22.3. The lowest BCUT2D eigenvalue weighted by atomic mass is 9.97. The van der Waals surface area contributed by atoms with Gasteiger partial charge in [-0.3, -0.25) is 9.78 Å². The Hall–Kier alpha value is -3.35. The van der Waals surface area contributed by atoms with Crippen LogP contribution in [0.1, 0.15) is 12.8 Å². The molecule has 0 spiro atoms. The number of sulfonamides is 1. The van der Waals surface area contributed by atoms with Crippen molar-refractivity contribution in [1.29, 1.82) is 0 Å². The largest absolute Gasteiger partial charge is 0.378 e. The van der Waals surface area contributed by atoms with Gasteiger partial charge in [0.15, 0.2) is 0 Å². The van der Waals surface area contributed by atoms with E-state index in [1.807, 2.05) is 11.0 Å². The first kappa shape index (κ1) is 26.9. The molecule has 3 aliphatic heterocycles. The Kier molecular flexibility index (Phi) is 7.56. The smallest absolute Gasteiger partial charge is 0.244 e. The molecular weight excluding hydrogens is 535 g/mol. The maximum Gasteiger partial charge on any atom is 0.244 e. The monoisotopic (exact) mass is 568 g/mol. The summed E-state index contributed by atoms with van der Waals surface area (Å²) in [4.78, 5) is 28.4. The molecule has 2 aromatic heterocycles.